The van der Waals surface area contributed by atoms with Gasteiger partial charge in [0.25, 0.3) is 5.56 Å². The van der Waals surface area contributed by atoms with E-state index in [0.717, 1.165) is 19.3 Å². The second-order valence-corrected chi connectivity index (χ2v) is 7.80. The normalized spacial score (nSPS) is 15.5. The average molecular weight is 366 g/mol. The lowest BCUT2D eigenvalue weighted by atomic mass is 10.2. The van der Waals surface area contributed by atoms with Crippen LogP contribution in [-0.2, 0) is 11.3 Å². The van der Waals surface area contributed by atoms with Gasteiger partial charge in [-0.2, -0.15) is 0 Å². The molecule has 5 nitrogen and oxygen atoms in total. The van der Waals surface area contributed by atoms with Crippen molar-refractivity contribution >= 4 is 40.2 Å². The highest BCUT2D eigenvalue weighted by atomic mass is 35.5. The van der Waals surface area contributed by atoms with Crippen LogP contribution in [0.4, 0.5) is 0 Å². The first kappa shape index (κ1) is 17.3. The first-order chi connectivity index (χ1) is 11.5. The fourth-order valence-corrected chi connectivity index (χ4v) is 3.55. The summed E-state index contributed by atoms with van der Waals surface area (Å²) in [4.78, 5) is 29.6. The molecule has 0 bridgehead atoms. The maximum absolute atomic E-state index is 12.8. The number of thioether (sulfide) groups is 1. The molecule has 1 saturated carbocycles. The Bertz CT molecular complexity index is 832. The number of nitrogens with one attached hydrogen (secondary N) is 1. The number of amides is 1. The summed E-state index contributed by atoms with van der Waals surface area (Å²) >= 11 is 7.34. The highest BCUT2D eigenvalue weighted by molar-refractivity contribution is 8.00. The molecule has 1 fully saturated rings. The first-order valence-corrected chi connectivity index (χ1v) is 9.42. The molecular formula is C17H20ClN3O2S. The van der Waals surface area contributed by atoms with Crippen molar-refractivity contribution in [3.8, 4) is 0 Å². The van der Waals surface area contributed by atoms with Gasteiger partial charge in [-0.15, -0.1) is 0 Å². The molecule has 0 aliphatic heterocycles. The van der Waals surface area contributed by atoms with Crippen molar-refractivity contribution in [3.05, 3.63) is 33.6 Å². The molecule has 3 rings (SSSR count). The Balaban J connectivity index is 1.96. The van der Waals surface area contributed by atoms with E-state index in [2.05, 4.69) is 10.3 Å². The predicted molar refractivity (Wildman–Crippen MR) is 97.8 cm³/mol. The molecule has 0 spiro atoms. The van der Waals surface area contributed by atoms with Crippen LogP contribution in [0.25, 0.3) is 10.9 Å². The quantitative estimate of drug-likeness (QED) is 0.630. The Labute approximate surface area is 149 Å². The van der Waals surface area contributed by atoms with Gasteiger partial charge in [-0.05, 0) is 44.4 Å². The molecule has 24 heavy (non-hydrogen) atoms. The van der Waals surface area contributed by atoms with E-state index in [0.29, 0.717) is 33.7 Å². The van der Waals surface area contributed by atoms with Gasteiger partial charge < -0.3 is 5.32 Å². The lowest BCUT2D eigenvalue weighted by molar-refractivity contribution is -0.120. The van der Waals surface area contributed by atoms with Gasteiger partial charge in [-0.25, -0.2) is 4.98 Å². The molecule has 1 atom stereocenters. The van der Waals surface area contributed by atoms with Crippen LogP contribution in [0.1, 0.15) is 33.1 Å². The summed E-state index contributed by atoms with van der Waals surface area (Å²) in [7, 11) is 0. The molecular weight excluding hydrogens is 346 g/mol. The van der Waals surface area contributed by atoms with E-state index >= 15 is 0 Å². The summed E-state index contributed by atoms with van der Waals surface area (Å²) in [5.74, 6) is -0.00834. The third kappa shape index (κ3) is 3.75. The van der Waals surface area contributed by atoms with E-state index < -0.39 is 0 Å². The SMILES string of the molecule is CCCn1c(SC(C)C(=O)NC2CC2)nc2cc(Cl)ccc2c1=O. The lowest BCUT2D eigenvalue weighted by Crippen LogP contribution is -2.33. The van der Waals surface area contributed by atoms with E-state index in [1.165, 1.54) is 11.8 Å². The van der Waals surface area contributed by atoms with Crippen molar-refractivity contribution < 1.29 is 4.79 Å². The van der Waals surface area contributed by atoms with E-state index in [9.17, 15) is 9.59 Å². The van der Waals surface area contributed by atoms with E-state index in [1.807, 2.05) is 13.8 Å². The van der Waals surface area contributed by atoms with E-state index in [1.54, 1.807) is 22.8 Å². The Morgan fingerprint density at radius 1 is 1.50 bits per heavy atom. The van der Waals surface area contributed by atoms with Crippen LogP contribution < -0.4 is 10.9 Å². The van der Waals surface area contributed by atoms with Gasteiger partial charge in [0.15, 0.2) is 5.16 Å². The molecule has 1 aromatic heterocycles. The van der Waals surface area contributed by atoms with Gasteiger partial charge in [-0.3, -0.25) is 14.2 Å². The van der Waals surface area contributed by atoms with Crippen molar-refractivity contribution in [3.63, 3.8) is 0 Å². The summed E-state index contributed by atoms with van der Waals surface area (Å²) in [6.07, 6.45) is 2.92. The number of halogens is 1. The van der Waals surface area contributed by atoms with Crippen LogP contribution in [-0.4, -0.2) is 26.8 Å². The molecule has 1 N–H and O–H groups in total. The smallest absolute Gasteiger partial charge is 0.262 e. The molecule has 2 aromatic rings. The van der Waals surface area contributed by atoms with Crippen molar-refractivity contribution in [2.75, 3.05) is 0 Å². The number of carbonyl (C=O) groups is 1. The Morgan fingerprint density at radius 2 is 2.25 bits per heavy atom. The van der Waals surface area contributed by atoms with Crippen molar-refractivity contribution in [1.82, 2.24) is 14.9 Å². The van der Waals surface area contributed by atoms with Crippen molar-refractivity contribution in [1.29, 1.82) is 0 Å². The van der Waals surface area contributed by atoms with E-state index in [-0.39, 0.29) is 16.7 Å². The molecule has 0 radical (unpaired) electrons. The topological polar surface area (TPSA) is 64.0 Å². The number of rotatable bonds is 6. The number of aromatic nitrogens is 2. The number of hydrogen-bond donors (Lipinski definition) is 1. The van der Waals surface area contributed by atoms with E-state index in [4.69, 9.17) is 11.6 Å². The lowest BCUT2D eigenvalue weighted by Gasteiger charge is -2.16. The Kier molecular flexibility index (Phi) is 5.15. The fraction of sp³-hybridized carbons (Fsp3) is 0.471. The number of carbonyl (C=O) groups excluding carboxylic acids is 1. The van der Waals surface area contributed by atoms with Crippen molar-refractivity contribution in [2.45, 2.75) is 56.1 Å². The van der Waals surface area contributed by atoms with Crippen molar-refractivity contribution in [2.24, 2.45) is 0 Å². The van der Waals surface area contributed by atoms with Crippen LogP contribution in [0.5, 0.6) is 0 Å². The number of nitrogens with zero attached hydrogens (tertiary/aromatic N) is 2. The van der Waals surface area contributed by atoms with Crippen LogP contribution >= 0.6 is 23.4 Å². The summed E-state index contributed by atoms with van der Waals surface area (Å²) in [6.45, 7) is 4.42. The summed E-state index contributed by atoms with van der Waals surface area (Å²) in [5, 5.41) is 4.34. The van der Waals surface area contributed by atoms with Gasteiger partial charge in [0.05, 0.1) is 16.2 Å². The third-order valence-corrected chi connectivity index (χ3v) is 5.23. The molecule has 1 aliphatic rings. The largest absolute Gasteiger partial charge is 0.352 e. The minimum atomic E-state index is -0.308. The highest BCUT2D eigenvalue weighted by Gasteiger charge is 2.27. The maximum Gasteiger partial charge on any atom is 0.262 e. The monoisotopic (exact) mass is 365 g/mol. The van der Waals surface area contributed by atoms with Crippen LogP contribution in [0, 0.1) is 0 Å². The summed E-state index contributed by atoms with van der Waals surface area (Å²) in [6, 6.07) is 5.41. The van der Waals surface area contributed by atoms with Crippen LogP contribution in [0.15, 0.2) is 28.2 Å². The Hall–Kier alpha value is -1.53. The molecule has 1 aromatic carbocycles. The highest BCUT2D eigenvalue weighted by Crippen LogP contribution is 2.25. The van der Waals surface area contributed by atoms with Gasteiger partial charge >= 0.3 is 0 Å². The number of hydrogen-bond acceptors (Lipinski definition) is 4. The Morgan fingerprint density at radius 3 is 2.92 bits per heavy atom. The second kappa shape index (κ2) is 7.15. The average Bonchev–Trinajstić information content (AvgIpc) is 3.34. The molecule has 0 saturated heterocycles. The predicted octanol–water partition coefficient (Wildman–Crippen LogP) is 3.22. The second-order valence-electron chi connectivity index (χ2n) is 6.06. The summed E-state index contributed by atoms with van der Waals surface area (Å²) < 4.78 is 1.65. The van der Waals surface area contributed by atoms with Gasteiger partial charge in [0, 0.05) is 17.6 Å². The van der Waals surface area contributed by atoms with Gasteiger partial charge in [0.1, 0.15) is 0 Å². The molecule has 128 valence electrons. The first-order valence-electron chi connectivity index (χ1n) is 8.16. The molecule has 1 unspecified atom stereocenters. The minimum Gasteiger partial charge on any atom is -0.352 e. The van der Waals surface area contributed by atoms with Gasteiger partial charge in [-0.1, -0.05) is 30.3 Å². The zero-order valence-corrected chi connectivity index (χ0v) is 15.3. The molecule has 1 heterocycles. The molecule has 1 amide bonds. The zero-order valence-electron chi connectivity index (χ0n) is 13.7. The van der Waals surface area contributed by atoms with Crippen LogP contribution in [0.3, 0.4) is 0 Å². The molecule has 1 aliphatic carbocycles. The van der Waals surface area contributed by atoms with Gasteiger partial charge in [0.2, 0.25) is 5.91 Å². The number of benzene rings is 1. The maximum atomic E-state index is 12.8. The fourth-order valence-electron chi connectivity index (χ4n) is 2.44. The number of fused-ring (bicyclic) bond motifs is 1. The standard InChI is InChI=1S/C17H20ClN3O2S/c1-3-8-21-16(23)13-7-4-11(18)9-14(13)20-17(21)24-10(2)15(22)19-12-5-6-12/h4,7,9-10,12H,3,5-6,8H2,1-2H3,(H,19,22). The summed E-state index contributed by atoms with van der Waals surface area (Å²) in [5.41, 5.74) is 0.480. The molecule has 7 heteroatoms. The zero-order chi connectivity index (χ0) is 17.3. The third-order valence-electron chi connectivity index (χ3n) is 3.90. The van der Waals surface area contributed by atoms with Crippen LogP contribution in [0.2, 0.25) is 5.02 Å². The minimum absolute atomic E-state index is 0.00834.